The Morgan fingerprint density at radius 3 is 2.00 bits per heavy atom. The maximum Gasteiger partial charge on any atom is 0.00670 e. The first kappa shape index (κ1) is 11.4. The summed E-state index contributed by atoms with van der Waals surface area (Å²) in [4.78, 5) is 0. The molecule has 0 saturated heterocycles. The number of rotatable bonds is 4. The van der Waals surface area contributed by atoms with E-state index in [2.05, 4.69) is 5.32 Å². The molecule has 1 N–H and O–H groups in total. The zero-order chi connectivity index (χ0) is 10.3. The summed E-state index contributed by atoms with van der Waals surface area (Å²) in [5.41, 5.74) is 0. The van der Waals surface area contributed by atoms with Crippen molar-refractivity contribution in [3.8, 4) is 0 Å². The summed E-state index contributed by atoms with van der Waals surface area (Å²) in [6, 6.07) is 0.855. The summed E-state index contributed by atoms with van der Waals surface area (Å²) in [5, 5.41) is 3.79. The molecule has 0 unspecified atom stereocenters. The molecule has 0 aromatic rings. The van der Waals surface area contributed by atoms with E-state index in [0.717, 1.165) is 12.0 Å². The summed E-state index contributed by atoms with van der Waals surface area (Å²) >= 11 is 0. The Labute approximate surface area is 95.0 Å². The average molecular weight is 209 g/mol. The molecule has 1 heteroatoms. The molecule has 88 valence electrons. The fourth-order valence-electron chi connectivity index (χ4n) is 3.27. The van der Waals surface area contributed by atoms with E-state index < -0.39 is 0 Å². The fourth-order valence-corrected chi connectivity index (χ4v) is 3.27. The van der Waals surface area contributed by atoms with Gasteiger partial charge in [0.15, 0.2) is 0 Å². The molecule has 0 amide bonds. The van der Waals surface area contributed by atoms with Gasteiger partial charge in [0.05, 0.1) is 0 Å². The van der Waals surface area contributed by atoms with Gasteiger partial charge in [-0.05, 0) is 31.7 Å². The van der Waals surface area contributed by atoms with Gasteiger partial charge in [-0.1, -0.05) is 51.4 Å². The molecule has 2 aliphatic rings. The Morgan fingerprint density at radius 2 is 1.33 bits per heavy atom. The van der Waals surface area contributed by atoms with Gasteiger partial charge in [0.2, 0.25) is 0 Å². The van der Waals surface area contributed by atoms with Gasteiger partial charge >= 0.3 is 0 Å². The molecule has 0 aromatic heterocycles. The molecular weight excluding hydrogens is 182 g/mol. The third-order valence-electron chi connectivity index (χ3n) is 4.32. The van der Waals surface area contributed by atoms with Gasteiger partial charge in [-0.2, -0.15) is 0 Å². The molecule has 0 aromatic carbocycles. The highest BCUT2D eigenvalue weighted by molar-refractivity contribution is 4.73. The lowest BCUT2D eigenvalue weighted by molar-refractivity contribution is 0.414. The van der Waals surface area contributed by atoms with Crippen LogP contribution in [0.2, 0.25) is 0 Å². The highest BCUT2D eigenvalue weighted by atomic mass is 14.9. The van der Waals surface area contributed by atoms with E-state index in [9.17, 15) is 0 Å². The standard InChI is InChI=1S/C14H27N/c1-2-4-10-14(9-3-1)15-12-11-13-7-5-6-8-13/h13-15H,1-12H2. The average Bonchev–Trinajstić information content (AvgIpc) is 2.62. The third-order valence-corrected chi connectivity index (χ3v) is 4.32. The molecule has 0 bridgehead atoms. The minimum Gasteiger partial charge on any atom is -0.314 e. The molecule has 0 spiro atoms. The van der Waals surface area contributed by atoms with E-state index in [0.29, 0.717) is 0 Å². The van der Waals surface area contributed by atoms with Crippen LogP contribution in [0.1, 0.15) is 70.6 Å². The first-order valence-corrected chi connectivity index (χ1v) is 7.18. The Morgan fingerprint density at radius 1 is 0.733 bits per heavy atom. The molecule has 2 fully saturated rings. The van der Waals surface area contributed by atoms with Crippen LogP contribution in [0.15, 0.2) is 0 Å². The summed E-state index contributed by atoms with van der Waals surface area (Å²) < 4.78 is 0. The minimum absolute atomic E-state index is 0.855. The number of hydrogen-bond acceptors (Lipinski definition) is 1. The molecule has 0 aliphatic heterocycles. The van der Waals surface area contributed by atoms with Gasteiger partial charge in [-0.15, -0.1) is 0 Å². The molecule has 0 atom stereocenters. The fraction of sp³-hybridized carbons (Fsp3) is 1.00. The minimum atomic E-state index is 0.855. The van der Waals surface area contributed by atoms with Crippen LogP contribution in [0.3, 0.4) is 0 Å². The molecule has 0 radical (unpaired) electrons. The summed E-state index contributed by atoms with van der Waals surface area (Å²) in [7, 11) is 0. The molecular formula is C14H27N. The van der Waals surface area contributed by atoms with Crippen molar-refractivity contribution in [3.05, 3.63) is 0 Å². The van der Waals surface area contributed by atoms with Crippen LogP contribution in [-0.4, -0.2) is 12.6 Å². The van der Waals surface area contributed by atoms with Crippen LogP contribution >= 0.6 is 0 Å². The maximum atomic E-state index is 3.79. The molecule has 0 heterocycles. The van der Waals surface area contributed by atoms with Crippen LogP contribution in [0.5, 0.6) is 0 Å². The second kappa shape index (κ2) is 6.52. The third kappa shape index (κ3) is 4.14. The van der Waals surface area contributed by atoms with Gasteiger partial charge in [0.1, 0.15) is 0 Å². The molecule has 2 saturated carbocycles. The topological polar surface area (TPSA) is 12.0 Å². The smallest absolute Gasteiger partial charge is 0.00670 e. The van der Waals surface area contributed by atoms with Crippen LogP contribution in [0.4, 0.5) is 0 Å². The lowest BCUT2D eigenvalue weighted by Gasteiger charge is -2.17. The normalized spacial score (nSPS) is 25.6. The molecule has 15 heavy (non-hydrogen) atoms. The van der Waals surface area contributed by atoms with Crippen LogP contribution in [0, 0.1) is 5.92 Å². The van der Waals surface area contributed by atoms with E-state index in [1.165, 1.54) is 77.2 Å². The predicted molar refractivity (Wildman–Crippen MR) is 66.1 cm³/mol. The van der Waals surface area contributed by atoms with E-state index in [1.54, 1.807) is 0 Å². The van der Waals surface area contributed by atoms with E-state index >= 15 is 0 Å². The van der Waals surface area contributed by atoms with Gasteiger partial charge in [-0.3, -0.25) is 0 Å². The maximum absolute atomic E-state index is 3.79. The van der Waals surface area contributed by atoms with Crippen LogP contribution in [-0.2, 0) is 0 Å². The van der Waals surface area contributed by atoms with E-state index in [-0.39, 0.29) is 0 Å². The zero-order valence-corrected chi connectivity index (χ0v) is 10.1. The predicted octanol–water partition coefficient (Wildman–Crippen LogP) is 3.88. The summed E-state index contributed by atoms with van der Waals surface area (Å²) in [6.45, 7) is 1.29. The lowest BCUT2D eigenvalue weighted by atomic mass is 10.0. The quantitative estimate of drug-likeness (QED) is 0.693. The number of hydrogen-bond donors (Lipinski definition) is 1. The summed E-state index contributed by atoms with van der Waals surface area (Å²) in [5.74, 6) is 1.06. The highest BCUT2D eigenvalue weighted by Gasteiger charge is 2.16. The second-order valence-electron chi connectivity index (χ2n) is 5.58. The van der Waals surface area contributed by atoms with Crippen molar-refractivity contribution in [2.75, 3.05) is 6.54 Å². The summed E-state index contributed by atoms with van der Waals surface area (Å²) in [6.07, 6.45) is 16.2. The van der Waals surface area contributed by atoms with Crippen molar-refractivity contribution in [1.82, 2.24) is 5.32 Å². The van der Waals surface area contributed by atoms with Gasteiger partial charge < -0.3 is 5.32 Å². The first-order chi connectivity index (χ1) is 7.45. The van der Waals surface area contributed by atoms with Crippen LogP contribution < -0.4 is 5.32 Å². The lowest BCUT2D eigenvalue weighted by Crippen LogP contribution is -2.30. The zero-order valence-electron chi connectivity index (χ0n) is 10.1. The van der Waals surface area contributed by atoms with Gasteiger partial charge in [-0.25, -0.2) is 0 Å². The number of nitrogens with one attached hydrogen (secondary N) is 1. The molecule has 1 nitrogen and oxygen atoms in total. The van der Waals surface area contributed by atoms with Crippen molar-refractivity contribution in [2.45, 2.75) is 76.7 Å². The highest BCUT2D eigenvalue weighted by Crippen LogP contribution is 2.27. The Hall–Kier alpha value is -0.0400. The monoisotopic (exact) mass is 209 g/mol. The van der Waals surface area contributed by atoms with Gasteiger partial charge in [0.25, 0.3) is 0 Å². The van der Waals surface area contributed by atoms with Crippen molar-refractivity contribution >= 4 is 0 Å². The Kier molecular flexibility index (Phi) is 4.98. The largest absolute Gasteiger partial charge is 0.314 e. The Balaban J connectivity index is 1.55. The van der Waals surface area contributed by atoms with Gasteiger partial charge in [0, 0.05) is 6.04 Å². The molecule has 2 aliphatic carbocycles. The van der Waals surface area contributed by atoms with Crippen molar-refractivity contribution in [2.24, 2.45) is 5.92 Å². The SMILES string of the molecule is C1CCCC(NCCC2CCCC2)CC1. The Bertz CT molecular complexity index is 153. The van der Waals surface area contributed by atoms with E-state index in [1.807, 2.05) is 0 Å². The first-order valence-electron chi connectivity index (χ1n) is 7.18. The van der Waals surface area contributed by atoms with Crippen molar-refractivity contribution < 1.29 is 0 Å². The second-order valence-corrected chi connectivity index (χ2v) is 5.58. The molecule has 2 rings (SSSR count). The van der Waals surface area contributed by atoms with Crippen molar-refractivity contribution in [1.29, 1.82) is 0 Å². The van der Waals surface area contributed by atoms with Crippen LogP contribution in [0.25, 0.3) is 0 Å². The van der Waals surface area contributed by atoms with E-state index in [4.69, 9.17) is 0 Å². The van der Waals surface area contributed by atoms with Crippen molar-refractivity contribution in [3.63, 3.8) is 0 Å².